The summed E-state index contributed by atoms with van der Waals surface area (Å²) < 4.78 is 5.67. The van der Waals surface area contributed by atoms with Gasteiger partial charge in [-0.25, -0.2) is 0 Å². The molecular weight excluding hydrogens is 236 g/mol. The van der Waals surface area contributed by atoms with Crippen LogP contribution in [-0.2, 0) is 0 Å². The number of carbonyl (C=O) groups is 1. The molecule has 4 rings (SSSR count). The van der Waals surface area contributed by atoms with Crippen LogP contribution in [0.4, 0.5) is 0 Å². The third-order valence-corrected chi connectivity index (χ3v) is 5.03. The number of para-hydroxylation sites is 1. The molecule has 98 valence electrons. The molecule has 0 spiro atoms. The summed E-state index contributed by atoms with van der Waals surface area (Å²) in [7, 11) is 0. The van der Waals surface area contributed by atoms with Crippen molar-refractivity contribution >= 4 is 16.8 Å². The highest BCUT2D eigenvalue weighted by Gasteiger charge is 2.40. The number of ketones is 1. The summed E-state index contributed by atoms with van der Waals surface area (Å²) in [6.45, 7) is 0. The Kier molecular flexibility index (Phi) is 2.51. The molecule has 2 aliphatic rings. The minimum atomic E-state index is 0.189. The molecule has 1 aromatic carbocycles. The number of hydrogen-bond donors (Lipinski definition) is 0. The summed E-state index contributed by atoms with van der Waals surface area (Å²) in [6.07, 6.45) is 6.03. The minimum absolute atomic E-state index is 0.189. The molecule has 2 saturated carbocycles. The SMILES string of the molecule is O=C(CC1CC2CCC1C2)c1cc2ccccc2o1. The van der Waals surface area contributed by atoms with Gasteiger partial charge in [0.1, 0.15) is 5.58 Å². The van der Waals surface area contributed by atoms with Crippen molar-refractivity contribution in [3.8, 4) is 0 Å². The molecule has 2 aliphatic carbocycles. The number of hydrogen-bond acceptors (Lipinski definition) is 2. The van der Waals surface area contributed by atoms with E-state index >= 15 is 0 Å². The maximum absolute atomic E-state index is 12.4. The maximum atomic E-state index is 12.4. The number of furan rings is 1. The topological polar surface area (TPSA) is 30.2 Å². The van der Waals surface area contributed by atoms with Crippen LogP contribution in [0.25, 0.3) is 11.0 Å². The summed E-state index contributed by atoms with van der Waals surface area (Å²) in [5.41, 5.74) is 0.818. The van der Waals surface area contributed by atoms with E-state index in [-0.39, 0.29) is 5.78 Å². The lowest BCUT2D eigenvalue weighted by Gasteiger charge is -2.20. The van der Waals surface area contributed by atoms with E-state index in [0.29, 0.717) is 18.1 Å². The van der Waals surface area contributed by atoms with Crippen LogP contribution >= 0.6 is 0 Å². The van der Waals surface area contributed by atoms with E-state index in [2.05, 4.69) is 0 Å². The second-order valence-electron chi connectivity index (χ2n) is 6.21. The van der Waals surface area contributed by atoms with Crippen LogP contribution in [0.15, 0.2) is 34.7 Å². The Labute approximate surface area is 112 Å². The third kappa shape index (κ3) is 1.90. The number of fused-ring (bicyclic) bond motifs is 3. The molecule has 2 nitrogen and oxygen atoms in total. The quantitative estimate of drug-likeness (QED) is 0.758. The van der Waals surface area contributed by atoms with E-state index < -0.39 is 0 Å². The number of Topliss-reactive ketones (excluding diaryl/α,β-unsaturated/α-hetero) is 1. The zero-order valence-corrected chi connectivity index (χ0v) is 11.0. The molecule has 1 aromatic heterocycles. The fourth-order valence-corrected chi connectivity index (χ4v) is 4.08. The van der Waals surface area contributed by atoms with Gasteiger partial charge in [0.2, 0.25) is 0 Å². The zero-order valence-electron chi connectivity index (χ0n) is 11.0. The van der Waals surface area contributed by atoms with Gasteiger partial charge in [-0.05, 0) is 49.1 Å². The lowest BCUT2D eigenvalue weighted by atomic mass is 9.85. The summed E-state index contributed by atoms with van der Waals surface area (Å²) in [5, 5.41) is 1.03. The highest BCUT2D eigenvalue weighted by Crippen LogP contribution is 2.49. The van der Waals surface area contributed by atoms with E-state index in [4.69, 9.17) is 4.42 Å². The van der Waals surface area contributed by atoms with Crippen LogP contribution in [0, 0.1) is 17.8 Å². The molecule has 0 saturated heterocycles. The highest BCUT2D eigenvalue weighted by molar-refractivity contribution is 5.97. The molecule has 0 aliphatic heterocycles. The molecule has 3 unspecified atom stereocenters. The van der Waals surface area contributed by atoms with Gasteiger partial charge >= 0.3 is 0 Å². The first-order valence-corrected chi connectivity index (χ1v) is 7.31. The van der Waals surface area contributed by atoms with E-state index in [0.717, 1.165) is 22.8 Å². The number of carbonyl (C=O) groups excluding carboxylic acids is 1. The number of benzene rings is 1. The van der Waals surface area contributed by atoms with Crippen LogP contribution in [0.3, 0.4) is 0 Å². The molecule has 2 aromatic rings. The summed E-state index contributed by atoms with van der Waals surface area (Å²) >= 11 is 0. The number of rotatable bonds is 3. The highest BCUT2D eigenvalue weighted by atomic mass is 16.3. The second-order valence-corrected chi connectivity index (χ2v) is 6.21. The first kappa shape index (κ1) is 11.3. The Morgan fingerprint density at radius 1 is 1.21 bits per heavy atom. The van der Waals surface area contributed by atoms with Crippen molar-refractivity contribution in [2.45, 2.75) is 32.1 Å². The first-order valence-electron chi connectivity index (χ1n) is 7.31. The van der Waals surface area contributed by atoms with Gasteiger partial charge < -0.3 is 4.42 Å². The van der Waals surface area contributed by atoms with Crippen LogP contribution in [0.5, 0.6) is 0 Å². The molecule has 2 bridgehead atoms. The van der Waals surface area contributed by atoms with Crippen LogP contribution < -0.4 is 0 Å². The fourth-order valence-electron chi connectivity index (χ4n) is 4.08. The lowest BCUT2D eigenvalue weighted by molar-refractivity contribution is 0.0919. The van der Waals surface area contributed by atoms with Gasteiger partial charge in [0.05, 0.1) is 0 Å². The van der Waals surface area contributed by atoms with Crippen molar-refractivity contribution in [3.63, 3.8) is 0 Å². The zero-order chi connectivity index (χ0) is 12.8. The van der Waals surface area contributed by atoms with Gasteiger partial charge in [-0.3, -0.25) is 4.79 Å². The average Bonchev–Trinajstić information content (AvgIpc) is 3.12. The van der Waals surface area contributed by atoms with Gasteiger partial charge in [-0.15, -0.1) is 0 Å². The lowest BCUT2D eigenvalue weighted by Crippen LogP contribution is -2.14. The van der Waals surface area contributed by atoms with Crippen molar-refractivity contribution in [1.82, 2.24) is 0 Å². The molecule has 1 heterocycles. The van der Waals surface area contributed by atoms with Gasteiger partial charge in [-0.1, -0.05) is 24.6 Å². The van der Waals surface area contributed by atoms with Crippen molar-refractivity contribution in [1.29, 1.82) is 0 Å². The predicted molar refractivity (Wildman–Crippen MR) is 74.1 cm³/mol. The molecule has 0 amide bonds. The molecule has 2 heteroatoms. The Hall–Kier alpha value is -1.57. The van der Waals surface area contributed by atoms with Gasteiger partial charge in [-0.2, -0.15) is 0 Å². The predicted octanol–water partition coefficient (Wildman–Crippen LogP) is 4.44. The monoisotopic (exact) mass is 254 g/mol. The average molecular weight is 254 g/mol. The Morgan fingerprint density at radius 3 is 2.84 bits per heavy atom. The van der Waals surface area contributed by atoms with Gasteiger partial charge in [0.15, 0.2) is 11.5 Å². The van der Waals surface area contributed by atoms with E-state index in [1.807, 2.05) is 30.3 Å². The molecule has 19 heavy (non-hydrogen) atoms. The first-order chi connectivity index (χ1) is 9.29. The summed E-state index contributed by atoms with van der Waals surface area (Å²) in [4.78, 5) is 12.4. The molecule has 0 radical (unpaired) electrons. The largest absolute Gasteiger partial charge is 0.453 e. The fraction of sp³-hybridized carbons (Fsp3) is 0.471. The third-order valence-electron chi connectivity index (χ3n) is 5.03. The second kappa shape index (κ2) is 4.22. The van der Waals surface area contributed by atoms with Gasteiger partial charge in [0.25, 0.3) is 0 Å². The van der Waals surface area contributed by atoms with Gasteiger partial charge in [0, 0.05) is 11.8 Å². The van der Waals surface area contributed by atoms with E-state index in [1.54, 1.807) is 0 Å². The smallest absolute Gasteiger partial charge is 0.198 e. The van der Waals surface area contributed by atoms with Crippen molar-refractivity contribution in [3.05, 3.63) is 36.1 Å². The summed E-state index contributed by atoms with van der Waals surface area (Å²) in [6, 6.07) is 9.72. The molecular formula is C17H18O2. The molecule has 3 atom stereocenters. The molecule has 0 N–H and O–H groups in total. The standard InChI is InChI=1S/C17H18O2/c18-15(9-14-8-11-5-6-12(14)7-11)17-10-13-3-1-2-4-16(13)19-17/h1-4,10-12,14H,5-9H2. The van der Waals surface area contributed by atoms with Crippen molar-refractivity contribution < 1.29 is 9.21 Å². The van der Waals surface area contributed by atoms with Crippen LogP contribution in [0.1, 0.15) is 42.7 Å². The van der Waals surface area contributed by atoms with Crippen LogP contribution in [-0.4, -0.2) is 5.78 Å². The molecule has 2 fully saturated rings. The summed E-state index contributed by atoms with van der Waals surface area (Å²) in [5.74, 6) is 3.05. The van der Waals surface area contributed by atoms with E-state index in [9.17, 15) is 4.79 Å². The minimum Gasteiger partial charge on any atom is -0.453 e. The Bertz CT molecular complexity index is 592. The van der Waals surface area contributed by atoms with Crippen molar-refractivity contribution in [2.24, 2.45) is 17.8 Å². The Balaban J connectivity index is 1.53. The van der Waals surface area contributed by atoms with Crippen LogP contribution in [0.2, 0.25) is 0 Å². The van der Waals surface area contributed by atoms with Crippen molar-refractivity contribution in [2.75, 3.05) is 0 Å². The normalized spacial score (nSPS) is 29.2. The maximum Gasteiger partial charge on any atom is 0.198 e. The Morgan fingerprint density at radius 2 is 2.11 bits per heavy atom. The van der Waals surface area contributed by atoms with E-state index in [1.165, 1.54) is 25.7 Å².